The molecule has 0 saturated carbocycles. The molecular weight excluding hydrogens is 274 g/mol. The van der Waals surface area contributed by atoms with Crippen molar-refractivity contribution in [3.63, 3.8) is 0 Å². The summed E-state index contributed by atoms with van der Waals surface area (Å²) in [6, 6.07) is 0. The normalized spacial score (nSPS) is 10.4. The Balaban J connectivity index is 2.65. The molecule has 0 fully saturated rings. The number of unbranched alkanes of at least 4 members (excludes halogenated alkanes) is 1. The van der Waals surface area contributed by atoms with Crippen LogP contribution in [-0.4, -0.2) is 34.8 Å². The number of carbonyl (C=O) groups excluding carboxylic acids is 2. The summed E-state index contributed by atoms with van der Waals surface area (Å²) in [6.07, 6.45) is 2.76. The van der Waals surface area contributed by atoms with E-state index in [9.17, 15) is 9.59 Å². The molecule has 1 heterocycles. The number of hydrogen-bond donors (Lipinski definition) is 1. The van der Waals surface area contributed by atoms with E-state index in [1.54, 1.807) is 4.90 Å². The second kappa shape index (κ2) is 7.99. The lowest BCUT2D eigenvalue weighted by atomic mass is 10.3. The van der Waals surface area contributed by atoms with Gasteiger partial charge in [-0.25, -0.2) is 4.98 Å². The zero-order chi connectivity index (χ0) is 15.1. The average molecular weight is 297 g/mol. The summed E-state index contributed by atoms with van der Waals surface area (Å²) in [5.74, 6) is -1.06. The number of nitrogens with zero attached hydrogens (tertiary/aromatic N) is 2. The van der Waals surface area contributed by atoms with E-state index in [2.05, 4.69) is 17.2 Å². The lowest BCUT2D eigenvalue weighted by molar-refractivity contribution is -0.143. The van der Waals surface area contributed by atoms with Crippen molar-refractivity contribution >= 4 is 28.3 Å². The number of anilines is 1. The fourth-order valence-corrected chi connectivity index (χ4v) is 2.56. The summed E-state index contributed by atoms with van der Waals surface area (Å²) < 4.78 is 0. The second-order valence-corrected chi connectivity index (χ2v) is 5.96. The van der Waals surface area contributed by atoms with Gasteiger partial charge in [-0.1, -0.05) is 20.3 Å². The van der Waals surface area contributed by atoms with E-state index in [-0.39, 0.29) is 0 Å². The summed E-state index contributed by atoms with van der Waals surface area (Å²) in [4.78, 5) is 31.0. The van der Waals surface area contributed by atoms with Crippen molar-refractivity contribution < 1.29 is 9.59 Å². The molecule has 1 aromatic rings. The molecule has 5 nitrogen and oxygen atoms in total. The van der Waals surface area contributed by atoms with Gasteiger partial charge in [0.15, 0.2) is 5.13 Å². The molecule has 1 N–H and O–H groups in total. The number of amides is 2. The molecule has 0 aliphatic carbocycles. The topological polar surface area (TPSA) is 62.3 Å². The Bertz CT molecular complexity index is 451. The number of rotatable bonds is 6. The fraction of sp³-hybridized carbons (Fsp3) is 0.643. The Hall–Kier alpha value is -1.43. The van der Waals surface area contributed by atoms with Crippen molar-refractivity contribution in [2.45, 2.75) is 47.0 Å². The van der Waals surface area contributed by atoms with Gasteiger partial charge < -0.3 is 4.90 Å². The molecule has 1 aromatic heterocycles. The molecule has 0 bridgehead atoms. The van der Waals surface area contributed by atoms with Crippen LogP contribution in [0.5, 0.6) is 0 Å². The number of hydrogen-bond acceptors (Lipinski definition) is 4. The first-order valence-electron chi connectivity index (χ1n) is 7.03. The van der Waals surface area contributed by atoms with Crippen LogP contribution in [0, 0.1) is 13.8 Å². The lowest BCUT2D eigenvalue weighted by Gasteiger charge is -2.20. The van der Waals surface area contributed by atoms with E-state index in [0.717, 1.165) is 29.8 Å². The van der Waals surface area contributed by atoms with Crippen LogP contribution in [0.2, 0.25) is 0 Å². The quantitative estimate of drug-likeness (QED) is 0.821. The molecule has 1 rings (SSSR count). The first-order chi connectivity index (χ1) is 9.49. The predicted molar refractivity (Wildman–Crippen MR) is 82.0 cm³/mol. The highest BCUT2D eigenvalue weighted by molar-refractivity contribution is 7.15. The van der Waals surface area contributed by atoms with E-state index < -0.39 is 11.8 Å². The maximum absolute atomic E-state index is 12.1. The third-order valence-corrected chi connectivity index (χ3v) is 3.99. The Kier molecular flexibility index (Phi) is 6.64. The minimum Gasteiger partial charge on any atom is -0.334 e. The third kappa shape index (κ3) is 4.59. The zero-order valence-corrected chi connectivity index (χ0v) is 13.5. The summed E-state index contributed by atoms with van der Waals surface area (Å²) in [6.45, 7) is 9.13. The molecule has 0 aliphatic rings. The standard InChI is InChI=1S/C14H23N3O2S/c1-5-7-9-17(8-6-2)13(19)12(18)16-14-15-10(3)11(4)20-14/h5-9H2,1-4H3,(H,15,16,18). The van der Waals surface area contributed by atoms with Crippen LogP contribution < -0.4 is 5.32 Å². The second-order valence-electron chi connectivity index (χ2n) is 4.76. The molecule has 0 aliphatic heterocycles. The Morgan fingerprint density at radius 3 is 2.40 bits per heavy atom. The molecule has 6 heteroatoms. The third-order valence-electron chi connectivity index (χ3n) is 3.01. The highest BCUT2D eigenvalue weighted by Crippen LogP contribution is 2.21. The van der Waals surface area contributed by atoms with Gasteiger partial charge in [0.25, 0.3) is 0 Å². The predicted octanol–water partition coefficient (Wildman–Crippen LogP) is 2.74. The Labute approximate surface area is 124 Å². The molecule has 0 spiro atoms. The largest absolute Gasteiger partial charge is 0.334 e. The first-order valence-corrected chi connectivity index (χ1v) is 7.85. The van der Waals surface area contributed by atoms with Crippen molar-refractivity contribution in [3.05, 3.63) is 10.6 Å². The molecular formula is C14H23N3O2S. The van der Waals surface area contributed by atoms with Gasteiger partial charge in [-0.05, 0) is 26.7 Å². The van der Waals surface area contributed by atoms with E-state index in [1.165, 1.54) is 11.3 Å². The van der Waals surface area contributed by atoms with Gasteiger partial charge in [0.2, 0.25) is 0 Å². The molecule has 0 atom stereocenters. The monoisotopic (exact) mass is 297 g/mol. The number of carbonyl (C=O) groups is 2. The molecule has 112 valence electrons. The van der Waals surface area contributed by atoms with Gasteiger partial charge in [0.05, 0.1) is 5.69 Å². The lowest BCUT2D eigenvalue weighted by Crippen LogP contribution is -2.40. The van der Waals surface area contributed by atoms with Crippen LogP contribution in [-0.2, 0) is 9.59 Å². The molecule has 20 heavy (non-hydrogen) atoms. The van der Waals surface area contributed by atoms with Gasteiger partial charge in [-0.2, -0.15) is 0 Å². The maximum atomic E-state index is 12.1. The minimum atomic E-state index is -0.594. The van der Waals surface area contributed by atoms with Crippen LogP contribution in [0.1, 0.15) is 43.7 Å². The molecule has 0 saturated heterocycles. The Morgan fingerprint density at radius 2 is 1.90 bits per heavy atom. The van der Waals surface area contributed by atoms with Gasteiger partial charge in [0, 0.05) is 18.0 Å². The summed E-state index contributed by atoms with van der Waals surface area (Å²) in [5.41, 5.74) is 0.883. The molecule has 0 unspecified atom stereocenters. The molecule has 2 amide bonds. The fourth-order valence-electron chi connectivity index (χ4n) is 1.75. The highest BCUT2D eigenvalue weighted by atomic mass is 32.1. The summed E-state index contributed by atoms with van der Waals surface area (Å²) in [7, 11) is 0. The van der Waals surface area contributed by atoms with Crippen LogP contribution in [0.25, 0.3) is 0 Å². The van der Waals surface area contributed by atoms with Crippen LogP contribution in [0.3, 0.4) is 0 Å². The van der Waals surface area contributed by atoms with Crippen molar-refractivity contribution in [2.75, 3.05) is 18.4 Å². The van der Waals surface area contributed by atoms with Gasteiger partial charge >= 0.3 is 11.8 Å². The summed E-state index contributed by atoms with van der Waals surface area (Å²) in [5, 5.41) is 3.09. The van der Waals surface area contributed by atoms with Crippen LogP contribution in [0.15, 0.2) is 0 Å². The van der Waals surface area contributed by atoms with Crippen molar-refractivity contribution in [3.8, 4) is 0 Å². The Morgan fingerprint density at radius 1 is 1.20 bits per heavy atom. The van der Waals surface area contributed by atoms with Crippen molar-refractivity contribution in [1.29, 1.82) is 0 Å². The van der Waals surface area contributed by atoms with Crippen molar-refractivity contribution in [1.82, 2.24) is 9.88 Å². The number of aromatic nitrogens is 1. The minimum absolute atomic E-state index is 0.467. The van der Waals surface area contributed by atoms with Crippen molar-refractivity contribution in [2.24, 2.45) is 0 Å². The number of aryl methyl sites for hydroxylation is 2. The van der Waals surface area contributed by atoms with Crippen LogP contribution >= 0.6 is 11.3 Å². The maximum Gasteiger partial charge on any atom is 0.315 e. The van der Waals surface area contributed by atoms with Gasteiger partial charge in [0.1, 0.15) is 0 Å². The summed E-state index contributed by atoms with van der Waals surface area (Å²) >= 11 is 1.39. The first kappa shape index (κ1) is 16.6. The van der Waals surface area contributed by atoms with E-state index in [0.29, 0.717) is 18.2 Å². The van der Waals surface area contributed by atoms with E-state index >= 15 is 0 Å². The highest BCUT2D eigenvalue weighted by Gasteiger charge is 2.22. The van der Waals surface area contributed by atoms with Crippen LogP contribution in [0.4, 0.5) is 5.13 Å². The van der Waals surface area contributed by atoms with Gasteiger partial charge in [-0.15, -0.1) is 11.3 Å². The average Bonchev–Trinajstić information content (AvgIpc) is 2.72. The molecule has 0 aromatic carbocycles. The molecule has 0 radical (unpaired) electrons. The van der Waals surface area contributed by atoms with Gasteiger partial charge in [-0.3, -0.25) is 14.9 Å². The smallest absolute Gasteiger partial charge is 0.315 e. The number of thiazole rings is 1. The zero-order valence-electron chi connectivity index (χ0n) is 12.7. The van der Waals surface area contributed by atoms with E-state index in [4.69, 9.17) is 0 Å². The SMILES string of the molecule is CCCCN(CCC)C(=O)C(=O)Nc1nc(C)c(C)s1. The van der Waals surface area contributed by atoms with E-state index in [1.807, 2.05) is 20.8 Å². The number of nitrogens with one attached hydrogen (secondary N) is 1.